The molecule has 0 radical (unpaired) electrons. The van der Waals surface area contributed by atoms with Crippen LogP contribution in [0.4, 0.5) is 11.4 Å². The lowest BCUT2D eigenvalue weighted by atomic mass is 10.1. The molecule has 136 valence electrons. The molecule has 1 aromatic heterocycles. The van der Waals surface area contributed by atoms with Crippen LogP contribution in [0, 0.1) is 10.1 Å². The number of nitro benzene ring substituents is 1. The second-order valence-corrected chi connectivity index (χ2v) is 5.75. The Bertz CT molecular complexity index is 926. The van der Waals surface area contributed by atoms with Crippen molar-refractivity contribution in [2.45, 2.75) is 6.54 Å². The van der Waals surface area contributed by atoms with E-state index in [4.69, 9.17) is 4.74 Å². The maximum atomic E-state index is 13.0. The summed E-state index contributed by atoms with van der Waals surface area (Å²) in [6.07, 6.45) is 3.11. The molecule has 3 aromatic rings. The van der Waals surface area contributed by atoms with Crippen molar-refractivity contribution in [2.75, 3.05) is 12.0 Å². The zero-order valence-corrected chi connectivity index (χ0v) is 14.6. The van der Waals surface area contributed by atoms with Crippen LogP contribution < -0.4 is 9.64 Å². The highest BCUT2D eigenvalue weighted by Crippen LogP contribution is 2.24. The largest absolute Gasteiger partial charge is 0.497 e. The molecule has 3 rings (SSSR count). The van der Waals surface area contributed by atoms with Crippen molar-refractivity contribution in [3.05, 3.63) is 94.3 Å². The molecule has 0 fully saturated rings. The summed E-state index contributed by atoms with van der Waals surface area (Å²) in [5, 5.41) is 10.8. The summed E-state index contributed by atoms with van der Waals surface area (Å²) in [5.41, 5.74) is 1.92. The zero-order valence-electron chi connectivity index (χ0n) is 14.6. The van der Waals surface area contributed by atoms with E-state index in [1.807, 2.05) is 0 Å². The fourth-order valence-corrected chi connectivity index (χ4v) is 2.59. The zero-order chi connectivity index (χ0) is 19.2. The Morgan fingerprint density at radius 3 is 2.37 bits per heavy atom. The Hall–Kier alpha value is -3.74. The number of hydrogen-bond donors (Lipinski definition) is 0. The number of hydrogen-bond acceptors (Lipinski definition) is 5. The van der Waals surface area contributed by atoms with Gasteiger partial charge in [-0.3, -0.25) is 19.9 Å². The summed E-state index contributed by atoms with van der Waals surface area (Å²) in [7, 11) is 1.57. The molecular weight excluding hydrogens is 346 g/mol. The van der Waals surface area contributed by atoms with Crippen molar-refractivity contribution in [3.8, 4) is 5.75 Å². The minimum Gasteiger partial charge on any atom is -0.497 e. The average molecular weight is 363 g/mol. The number of carbonyl (C=O) groups excluding carboxylic acids is 1. The van der Waals surface area contributed by atoms with Gasteiger partial charge in [0.1, 0.15) is 5.75 Å². The van der Waals surface area contributed by atoms with Crippen molar-refractivity contribution in [3.63, 3.8) is 0 Å². The van der Waals surface area contributed by atoms with Crippen molar-refractivity contribution in [1.82, 2.24) is 4.98 Å². The van der Waals surface area contributed by atoms with Crippen molar-refractivity contribution in [1.29, 1.82) is 0 Å². The van der Waals surface area contributed by atoms with Gasteiger partial charge in [-0.1, -0.05) is 12.1 Å². The van der Waals surface area contributed by atoms with Gasteiger partial charge in [0, 0.05) is 30.2 Å². The molecule has 0 N–H and O–H groups in total. The van der Waals surface area contributed by atoms with Crippen LogP contribution in [-0.2, 0) is 6.54 Å². The number of methoxy groups -OCH3 is 1. The van der Waals surface area contributed by atoms with Crippen LogP contribution in [0.25, 0.3) is 0 Å². The van der Waals surface area contributed by atoms with Crippen LogP contribution in [-0.4, -0.2) is 22.9 Å². The minimum absolute atomic E-state index is 0.00772. The van der Waals surface area contributed by atoms with Gasteiger partial charge in [-0.15, -0.1) is 0 Å². The number of nitro groups is 1. The lowest BCUT2D eigenvalue weighted by molar-refractivity contribution is -0.384. The first-order chi connectivity index (χ1) is 13.1. The molecule has 0 atom stereocenters. The normalized spacial score (nSPS) is 10.3. The molecule has 0 unspecified atom stereocenters. The number of non-ortho nitro benzene ring substituents is 1. The lowest BCUT2D eigenvalue weighted by Crippen LogP contribution is -2.30. The molecule has 7 heteroatoms. The van der Waals surface area contributed by atoms with E-state index in [1.165, 1.54) is 18.3 Å². The number of ether oxygens (including phenoxy) is 1. The topological polar surface area (TPSA) is 85.6 Å². The van der Waals surface area contributed by atoms with E-state index in [0.29, 0.717) is 17.0 Å². The molecule has 0 aliphatic heterocycles. The van der Waals surface area contributed by atoms with Crippen LogP contribution in [0.1, 0.15) is 15.9 Å². The van der Waals surface area contributed by atoms with Gasteiger partial charge in [-0.2, -0.15) is 0 Å². The molecule has 0 aliphatic rings. The van der Waals surface area contributed by atoms with Gasteiger partial charge < -0.3 is 9.64 Å². The monoisotopic (exact) mass is 363 g/mol. The first kappa shape index (κ1) is 18.1. The summed E-state index contributed by atoms with van der Waals surface area (Å²) in [4.78, 5) is 29.0. The van der Waals surface area contributed by atoms with Crippen LogP contribution in [0.15, 0.2) is 73.1 Å². The number of carbonyl (C=O) groups is 1. The molecule has 0 bridgehead atoms. The molecule has 27 heavy (non-hydrogen) atoms. The molecule has 0 aliphatic carbocycles. The fraction of sp³-hybridized carbons (Fsp3) is 0.100. The van der Waals surface area contributed by atoms with E-state index in [-0.39, 0.29) is 18.1 Å². The van der Waals surface area contributed by atoms with Crippen molar-refractivity contribution in [2.24, 2.45) is 0 Å². The van der Waals surface area contributed by atoms with E-state index >= 15 is 0 Å². The molecule has 2 aromatic carbocycles. The van der Waals surface area contributed by atoms with E-state index < -0.39 is 4.92 Å². The minimum atomic E-state index is -0.453. The first-order valence-corrected chi connectivity index (χ1v) is 8.18. The summed E-state index contributed by atoms with van der Waals surface area (Å²) < 4.78 is 5.17. The highest BCUT2D eigenvalue weighted by molar-refractivity contribution is 6.05. The first-order valence-electron chi connectivity index (χ1n) is 8.18. The van der Waals surface area contributed by atoms with Crippen LogP contribution in [0.3, 0.4) is 0 Å². The van der Waals surface area contributed by atoms with Gasteiger partial charge in [-0.25, -0.2) is 0 Å². The van der Waals surface area contributed by atoms with Crippen LogP contribution >= 0.6 is 0 Å². The molecular formula is C20H17N3O4. The quantitative estimate of drug-likeness (QED) is 0.490. The highest BCUT2D eigenvalue weighted by atomic mass is 16.6. The number of amides is 1. The third kappa shape index (κ3) is 4.27. The summed E-state index contributed by atoms with van der Waals surface area (Å²) in [6, 6.07) is 16.7. The van der Waals surface area contributed by atoms with Crippen LogP contribution in [0.5, 0.6) is 5.75 Å². The third-order valence-electron chi connectivity index (χ3n) is 4.03. The molecule has 7 nitrogen and oxygen atoms in total. The number of pyridine rings is 1. The van der Waals surface area contributed by atoms with Crippen molar-refractivity contribution < 1.29 is 14.5 Å². The van der Waals surface area contributed by atoms with Gasteiger partial charge in [0.05, 0.1) is 24.1 Å². The molecule has 1 amide bonds. The lowest BCUT2D eigenvalue weighted by Gasteiger charge is -2.23. The number of aromatic nitrogens is 1. The Kier molecular flexibility index (Phi) is 5.41. The van der Waals surface area contributed by atoms with Gasteiger partial charge >= 0.3 is 0 Å². The van der Waals surface area contributed by atoms with Gasteiger partial charge in [-0.05, 0) is 42.0 Å². The van der Waals surface area contributed by atoms with Crippen LogP contribution in [0.2, 0.25) is 0 Å². The van der Waals surface area contributed by atoms with E-state index in [1.54, 1.807) is 66.7 Å². The SMILES string of the molecule is COc1ccc(N(Cc2ccc([N+](=O)[O-])cc2)C(=O)c2cccnc2)cc1. The number of nitrogens with zero attached hydrogens (tertiary/aromatic N) is 3. The highest BCUT2D eigenvalue weighted by Gasteiger charge is 2.19. The Morgan fingerprint density at radius 2 is 1.81 bits per heavy atom. The van der Waals surface area contributed by atoms with Gasteiger partial charge in [0.2, 0.25) is 0 Å². The average Bonchev–Trinajstić information content (AvgIpc) is 2.72. The number of benzene rings is 2. The fourth-order valence-electron chi connectivity index (χ4n) is 2.59. The maximum Gasteiger partial charge on any atom is 0.269 e. The Morgan fingerprint density at radius 1 is 1.11 bits per heavy atom. The summed E-state index contributed by atoms with van der Waals surface area (Å²) in [5.74, 6) is 0.467. The second-order valence-electron chi connectivity index (χ2n) is 5.75. The second kappa shape index (κ2) is 8.09. The third-order valence-corrected chi connectivity index (χ3v) is 4.03. The summed E-state index contributed by atoms with van der Waals surface area (Å²) >= 11 is 0. The standard InChI is InChI=1S/C20H17N3O4/c1-27-19-10-8-17(9-11-19)22(20(24)16-3-2-12-21-13-16)14-15-4-6-18(7-5-15)23(25)26/h2-13H,14H2,1H3. The Balaban J connectivity index is 1.93. The maximum absolute atomic E-state index is 13.0. The molecule has 0 saturated heterocycles. The molecule has 0 saturated carbocycles. The molecule has 0 spiro atoms. The summed E-state index contributed by atoms with van der Waals surface area (Å²) in [6.45, 7) is 0.262. The van der Waals surface area contributed by atoms with Gasteiger partial charge in [0.15, 0.2) is 0 Å². The van der Waals surface area contributed by atoms with E-state index in [2.05, 4.69) is 4.98 Å². The predicted octanol–water partition coefficient (Wildman–Crippen LogP) is 3.85. The smallest absolute Gasteiger partial charge is 0.269 e. The van der Waals surface area contributed by atoms with E-state index in [9.17, 15) is 14.9 Å². The molecule has 1 heterocycles. The number of anilines is 1. The van der Waals surface area contributed by atoms with Gasteiger partial charge in [0.25, 0.3) is 11.6 Å². The van der Waals surface area contributed by atoms with Crippen molar-refractivity contribution >= 4 is 17.3 Å². The number of rotatable bonds is 6. The van der Waals surface area contributed by atoms with E-state index in [0.717, 1.165) is 5.56 Å². The predicted molar refractivity (Wildman–Crippen MR) is 101 cm³/mol. The Labute approximate surface area is 156 Å².